The van der Waals surface area contributed by atoms with Gasteiger partial charge in [-0.2, -0.15) is 0 Å². The standard InChI is InChI=1S/C23H24N4OS/c1-17(22-24-25-23(28-22)21-10-5-15-29-21)27-13-11-26(12-14-27)16-19-8-4-7-18-6-2-3-9-20(18)19/h2-10,15,17H,11-14,16H2,1H3/p+2/t17-/m1/s1. The molecule has 2 N–H and O–H groups in total. The summed E-state index contributed by atoms with van der Waals surface area (Å²) in [6.45, 7) is 7.86. The summed E-state index contributed by atoms with van der Waals surface area (Å²) >= 11 is 1.63. The molecule has 4 aromatic rings. The van der Waals surface area contributed by atoms with Gasteiger partial charge in [-0.1, -0.05) is 48.5 Å². The number of nitrogens with one attached hydrogen (secondary N) is 2. The monoisotopic (exact) mass is 406 g/mol. The van der Waals surface area contributed by atoms with E-state index in [0.29, 0.717) is 5.89 Å². The van der Waals surface area contributed by atoms with Crippen molar-refractivity contribution in [3.05, 3.63) is 71.4 Å². The van der Waals surface area contributed by atoms with Crippen molar-refractivity contribution in [3.8, 4) is 10.8 Å². The first-order chi connectivity index (χ1) is 14.3. The minimum Gasteiger partial charge on any atom is -0.414 e. The molecular formula is C23H26N4OS+2. The van der Waals surface area contributed by atoms with Crippen molar-refractivity contribution < 1.29 is 14.2 Å². The third-order valence-electron chi connectivity index (χ3n) is 6.08. The Hall–Kier alpha value is -2.54. The Morgan fingerprint density at radius 1 is 0.966 bits per heavy atom. The van der Waals surface area contributed by atoms with E-state index in [0.717, 1.165) is 43.5 Å². The first-order valence-corrected chi connectivity index (χ1v) is 11.2. The van der Waals surface area contributed by atoms with Gasteiger partial charge in [0, 0.05) is 5.56 Å². The molecule has 0 aliphatic carbocycles. The van der Waals surface area contributed by atoms with Crippen LogP contribution < -0.4 is 9.80 Å². The van der Waals surface area contributed by atoms with Gasteiger partial charge >= 0.3 is 0 Å². The van der Waals surface area contributed by atoms with Crippen LogP contribution in [0.1, 0.15) is 24.4 Å². The molecule has 3 heterocycles. The molecule has 5 nitrogen and oxygen atoms in total. The predicted octanol–water partition coefficient (Wildman–Crippen LogP) is 2.00. The van der Waals surface area contributed by atoms with Crippen LogP contribution in [0.3, 0.4) is 0 Å². The quantitative estimate of drug-likeness (QED) is 0.533. The van der Waals surface area contributed by atoms with E-state index >= 15 is 0 Å². The van der Waals surface area contributed by atoms with E-state index in [-0.39, 0.29) is 6.04 Å². The average molecular weight is 407 g/mol. The van der Waals surface area contributed by atoms with E-state index in [9.17, 15) is 0 Å². The Labute approximate surface area is 174 Å². The van der Waals surface area contributed by atoms with Gasteiger partial charge in [0.15, 0.2) is 6.04 Å². The third kappa shape index (κ3) is 3.83. The zero-order valence-electron chi connectivity index (χ0n) is 16.6. The van der Waals surface area contributed by atoms with Gasteiger partial charge in [0.05, 0.1) is 4.88 Å². The first-order valence-electron chi connectivity index (χ1n) is 10.3. The van der Waals surface area contributed by atoms with E-state index in [4.69, 9.17) is 4.42 Å². The van der Waals surface area contributed by atoms with Gasteiger partial charge < -0.3 is 14.2 Å². The van der Waals surface area contributed by atoms with Crippen molar-refractivity contribution in [1.82, 2.24) is 10.2 Å². The number of aromatic nitrogens is 2. The van der Waals surface area contributed by atoms with Gasteiger partial charge in [-0.25, -0.2) is 0 Å². The molecule has 29 heavy (non-hydrogen) atoms. The molecule has 6 heteroatoms. The molecule has 0 amide bonds. The van der Waals surface area contributed by atoms with Crippen LogP contribution in [0.2, 0.25) is 0 Å². The van der Waals surface area contributed by atoms with Crippen LogP contribution >= 0.6 is 11.3 Å². The molecule has 1 aliphatic rings. The third-order valence-corrected chi connectivity index (χ3v) is 6.93. The lowest BCUT2D eigenvalue weighted by atomic mass is 10.0. The Morgan fingerprint density at radius 2 is 1.79 bits per heavy atom. The fourth-order valence-electron chi connectivity index (χ4n) is 4.33. The van der Waals surface area contributed by atoms with Gasteiger partial charge in [0.25, 0.3) is 11.8 Å². The summed E-state index contributed by atoms with van der Waals surface area (Å²) in [4.78, 5) is 4.23. The van der Waals surface area contributed by atoms with Crippen LogP contribution in [0.4, 0.5) is 0 Å². The van der Waals surface area contributed by atoms with Gasteiger partial charge in [0.1, 0.15) is 32.7 Å². The molecule has 2 aromatic heterocycles. The zero-order valence-corrected chi connectivity index (χ0v) is 17.4. The van der Waals surface area contributed by atoms with E-state index < -0.39 is 0 Å². The molecule has 1 fully saturated rings. The first kappa shape index (κ1) is 18.5. The summed E-state index contributed by atoms with van der Waals surface area (Å²) < 4.78 is 5.97. The molecule has 0 radical (unpaired) electrons. The normalized spacial score (nSPS) is 20.7. The number of fused-ring (bicyclic) bond motifs is 1. The fourth-order valence-corrected chi connectivity index (χ4v) is 4.98. The minimum atomic E-state index is 0.232. The highest BCUT2D eigenvalue weighted by Crippen LogP contribution is 2.24. The van der Waals surface area contributed by atoms with Crippen LogP contribution in [-0.2, 0) is 6.54 Å². The number of piperazine rings is 1. The maximum atomic E-state index is 5.97. The van der Waals surface area contributed by atoms with Gasteiger partial charge in [-0.15, -0.1) is 21.5 Å². The van der Waals surface area contributed by atoms with Crippen LogP contribution in [0.15, 0.2) is 64.4 Å². The summed E-state index contributed by atoms with van der Waals surface area (Å²) in [5.41, 5.74) is 1.45. The maximum Gasteiger partial charge on any atom is 0.274 e. The summed E-state index contributed by atoms with van der Waals surface area (Å²) in [5.74, 6) is 1.39. The molecule has 1 aliphatic heterocycles. The Balaban J connectivity index is 1.22. The fraction of sp³-hybridized carbons (Fsp3) is 0.304. The maximum absolute atomic E-state index is 5.97. The summed E-state index contributed by atoms with van der Waals surface area (Å²) in [7, 11) is 0. The van der Waals surface area contributed by atoms with E-state index in [2.05, 4.69) is 59.6 Å². The van der Waals surface area contributed by atoms with Crippen LogP contribution in [0, 0.1) is 0 Å². The van der Waals surface area contributed by atoms with E-state index in [1.54, 1.807) is 16.2 Å². The largest absolute Gasteiger partial charge is 0.414 e. The van der Waals surface area contributed by atoms with Gasteiger partial charge in [-0.05, 0) is 29.1 Å². The lowest BCUT2D eigenvalue weighted by Gasteiger charge is -2.32. The Kier molecular flexibility index (Phi) is 5.14. The predicted molar refractivity (Wildman–Crippen MR) is 115 cm³/mol. The minimum absolute atomic E-state index is 0.232. The topological polar surface area (TPSA) is 47.8 Å². The van der Waals surface area contributed by atoms with Gasteiger partial charge in [0.2, 0.25) is 0 Å². The molecule has 1 atom stereocenters. The molecule has 1 saturated heterocycles. The van der Waals surface area contributed by atoms with Crippen molar-refractivity contribution in [1.29, 1.82) is 0 Å². The van der Waals surface area contributed by atoms with E-state index in [1.165, 1.54) is 21.2 Å². The van der Waals surface area contributed by atoms with Crippen molar-refractivity contribution in [2.45, 2.75) is 19.5 Å². The van der Waals surface area contributed by atoms with Crippen molar-refractivity contribution in [3.63, 3.8) is 0 Å². The summed E-state index contributed by atoms with van der Waals surface area (Å²) in [6.07, 6.45) is 0. The lowest BCUT2D eigenvalue weighted by Crippen LogP contribution is -3.27. The molecule has 2 aromatic carbocycles. The molecule has 0 bridgehead atoms. The van der Waals surface area contributed by atoms with Gasteiger partial charge in [-0.3, -0.25) is 0 Å². The number of hydrogen-bond acceptors (Lipinski definition) is 4. The molecule has 0 saturated carbocycles. The van der Waals surface area contributed by atoms with Crippen LogP contribution in [0.5, 0.6) is 0 Å². The Morgan fingerprint density at radius 3 is 2.62 bits per heavy atom. The second kappa shape index (κ2) is 8.06. The smallest absolute Gasteiger partial charge is 0.274 e. The molecule has 0 unspecified atom stereocenters. The number of benzene rings is 2. The SMILES string of the molecule is C[C@H](c1nnc(-c2cccs2)o1)[NH+]1CC[NH+](Cc2cccc3ccccc23)CC1. The number of thiophene rings is 1. The van der Waals surface area contributed by atoms with Crippen LogP contribution in [-0.4, -0.2) is 36.4 Å². The number of rotatable bonds is 5. The summed E-state index contributed by atoms with van der Waals surface area (Å²) in [6, 6.07) is 19.6. The molecule has 0 spiro atoms. The van der Waals surface area contributed by atoms with E-state index in [1.807, 2.05) is 17.5 Å². The lowest BCUT2D eigenvalue weighted by molar-refractivity contribution is -1.03. The average Bonchev–Trinajstić information content (AvgIpc) is 3.46. The molecule has 148 valence electrons. The number of quaternary nitrogens is 2. The van der Waals surface area contributed by atoms with Crippen molar-refractivity contribution in [2.24, 2.45) is 0 Å². The highest BCUT2D eigenvalue weighted by molar-refractivity contribution is 7.13. The highest BCUT2D eigenvalue weighted by atomic mass is 32.1. The second-order valence-electron chi connectivity index (χ2n) is 7.87. The number of nitrogens with zero attached hydrogens (tertiary/aromatic N) is 2. The zero-order chi connectivity index (χ0) is 19.6. The Bertz CT molecular complexity index is 1080. The van der Waals surface area contributed by atoms with Crippen LogP contribution in [0.25, 0.3) is 21.5 Å². The highest BCUT2D eigenvalue weighted by Gasteiger charge is 2.31. The van der Waals surface area contributed by atoms with Crippen molar-refractivity contribution >= 4 is 22.1 Å². The molecular weight excluding hydrogens is 380 g/mol. The van der Waals surface area contributed by atoms with Crippen molar-refractivity contribution in [2.75, 3.05) is 26.2 Å². The summed E-state index contributed by atoms with van der Waals surface area (Å²) in [5, 5.41) is 13.3. The number of hydrogen-bond donors (Lipinski definition) is 2. The molecule has 5 rings (SSSR count). The second-order valence-corrected chi connectivity index (χ2v) is 8.82.